The molecular formula is C12H20N2S. The van der Waals surface area contributed by atoms with Gasteiger partial charge in [0.15, 0.2) is 0 Å². The van der Waals surface area contributed by atoms with E-state index in [0.717, 1.165) is 17.2 Å². The highest BCUT2D eigenvalue weighted by molar-refractivity contribution is 7.99. The summed E-state index contributed by atoms with van der Waals surface area (Å²) in [6.07, 6.45) is 5.36. The first-order valence-corrected chi connectivity index (χ1v) is 6.54. The highest BCUT2D eigenvalue weighted by atomic mass is 32.2. The fourth-order valence-corrected chi connectivity index (χ4v) is 2.24. The molecule has 0 fully saturated rings. The average Bonchev–Trinajstić information content (AvgIpc) is 2.20. The van der Waals surface area contributed by atoms with E-state index in [1.807, 2.05) is 24.9 Å². The first kappa shape index (κ1) is 12.5. The van der Waals surface area contributed by atoms with E-state index in [1.165, 1.54) is 18.4 Å². The molecule has 0 aromatic carbocycles. The molecule has 3 heteroatoms. The van der Waals surface area contributed by atoms with E-state index >= 15 is 0 Å². The van der Waals surface area contributed by atoms with Crippen molar-refractivity contribution in [1.82, 2.24) is 4.98 Å². The third-order valence-electron chi connectivity index (χ3n) is 2.10. The quantitative estimate of drug-likeness (QED) is 0.596. The van der Waals surface area contributed by atoms with E-state index in [0.29, 0.717) is 0 Å². The fourth-order valence-electron chi connectivity index (χ4n) is 1.31. The molecule has 0 aliphatic rings. The molecule has 0 aliphatic heterocycles. The van der Waals surface area contributed by atoms with Crippen molar-refractivity contribution in [2.24, 2.45) is 5.73 Å². The van der Waals surface area contributed by atoms with Gasteiger partial charge in [-0.3, -0.25) is 0 Å². The highest BCUT2D eigenvalue weighted by Gasteiger charge is 1.99. The van der Waals surface area contributed by atoms with Crippen molar-refractivity contribution in [3.05, 3.63) is 23.9 Å². The Morgan fingerprint density at radius 2 is 2.27 bits per heavy atom. The third kappa shape index (κ3) is 5.19. The van der Waals surface area contributed by atoms with Gasteiger partial charge in [0.25, 0.3) is 0 Å². The van der Waals surface area contributed by atoms with Crippen LogP contribution in [0.25, 0.3) is 0 Å². The van der Waals surface area contributed by atoms with Gasteiger partial charge in [-0.2, -0.15) is 0 Å². The van der Waals surface area contributed by atoms with Crippen LogP contribution >= 0.6 is 11.8 Å². The zero-order chi connectivity index (χ0) is 11.1. The predicted octanol–water partition coefficient (Wildman–Crippen LogP) is 2.86. The van der Waals surface area contributed by atoms with Gasteiger partial charge in [-0.15, -0.1) is 11.8 Å². The molecule has 1 aromatic heterocycles. The second-order valence-corrected chi connectivity index (χ2v) is 5.00. The lowest BCUT2D eigenvalue weighted by Gasteiger charge is -2.05. The van der Waals surface area contributed by atoms with E-state index in [-0.39, 0.29) is 6.04 Å². The maximum Gasteiger partial charge on any atom is 0.0960 e. The van der Waals surface area contributed by atoms with Gasteiger partial charge in [-0.1, -0.05) is 19.4 Å². The summed E-state index contributed by atoms with van der Waals surface area (Å²) in [6.45, 7) is 4.23. The summed E-state index contributed by atoms with van der Waals surface area (Å²) in [5, 5.41) is 1.12. The van der Waals surface area contributed by atoms with Crippen LogP contribution in [0.4, 0.5) is 0 Å². The summed E-state index contributed by atoms with van der Waals surface area (Å²) < 4.78 is 0. The number of rotatable bonds is 6. The molecule has 0 saturated carbocycles. The zero-order valence-electron chi connectivity index (χ0n) is 9.57. The Morgan fingerprint density at radius 3 is 2.80 bits per heavy atom. The maximum atomic E-state index is 5.73. The number of nitrogens with two attached hydrogens (primary N) is 1. The van der Waals surface area contributed by atoms with Crippen LogP contribution in [0.2, 0.25) is 0 Å². The summed E-state index contributed by atoms with van der Waals surface area (Å²) in [5.74, 6) is 1.16. The van der Waals surface area contributed by atoms with Crippen LogP contribution in [-0.2, 0) is 6.42 Å². The van der Waals surface area contributed by atoms with Crippen LogP contribution in [0.5, 0.6) is 0 Å². The van der Waals surface area contributed by atoms with Crippen molar-refractivity contribution in [3.63, 3.8) is 0 Å². The molecule has 0 bridgehead atoms. The van der Waals surface area contributed by atoms with E-state index in [2.05, 4.69) is 24.0 Å². The standard InChI is InChI=1S/C12H20N2S/c1-3-4-7-15-12-6-5-11(9-14-12)8-10(2)13/h5-6,9-10H,3-4,7-8,13H2,1-2H3. The molecule has 0 radical (unpaired) electrons. The Bertz CT molecular complexity index is 269. The van der Waals surface area contributed by atoms with Crippen molar-refractivity contribution >= 4 is 11.8 Å². The van der Waals surface area contributed by atoms with E-state index in [4.69, 9.17) is 5.73 Å². The van der Waals surface area contributed by atoms with Gasteiger partial charge < -0.3 is 5.73 Å². The van der Waals surface area contributed by atoms with Crippen LogP contribution in [0.3, 0.4) is 0 Å². The monoisotopic (exact) mass is 224 g/mol. The van der Waals surface area contributed by atoms with Crippen molar-refractivity contribution < 1.29 is 0 Å². The zero-order valence-corrected chi connectivity index (χ0v) is 10.4. The van der Waals surface area contributed by atoms with Gasteiger partial charge in [-0.05, 0) is 37.1 Å². The second-order valence-electron chi connectivity index (χ2n) is 3.89. The normalized spacial score (nSPS) is 12.7. The Kier molecular flexibility index (Phi) is 5.73. The Labute approximate surface area is 96.7 Å². The first-order valence-electron chi connectivity index (χ1n) is 5.55. The molecule has 84 valence electrons. The fraction of sp³-hybridized carbons (Fsp3) is 0.583. The minimum atomic E-state index is 0.213. The molecule has 2 N–H and O–H groups in total. The molecule has 1 atom stereocenters. The van der Waals surface area contributed by atoms with E-state index in [9.17, 15) is 0 Å². The Morgan fingerprint density at radius 1 is 1.47 bits per heavy atom. The molecule has 15 heavy (non-hydrogen) atoms. The lowest BCUT2D eigenvalue weighted by atomic mass is 10.1. The summed E-state index contributed by atoms with van der Waals surface area (Å²) >= 11 is 1.83. The molecule has 1 rings (SSSR count). The maximum absolute atomic E-state index is 5.73. The lowest BCUT2D eigenvalue weighted by Crippen LogP contribution is -2.17. The van der Waals surface area contributed by atoms with Gasteiger partial charge in [0, 0.05) is 12.2 Å². The Hall–Kier alpha value is -0.540. The number of aromatic nitrogens is 1. The highest BCUT2D eigenvalue weighted by Crippen LogP contribution is 2.17. The van der Waals surface area contributed by atoms with Gasteiger partial charge >= 0.3 is 0 Å². The Balaban J connectivity index is 2.42. The number of pyridine rings is 1. The van der Waals surface area contributed by atoms with Crippen LogP contribution < -0.4 is 5.73 Å². The average molecular weight is 224 g/mol. The number of hydrogen-bond acceptors (Lipinski definition) is 3. The van der Waals surface area contributed by atoms with E-state index < -0.39 is 0 Å². The molecule has 1 unspecified atom stereocenters. The summed E-state index contributed by atoms with van der Waals surface area (Å²) in [5.41, 5.74) is 6.95. The molecule has 0 saturated heterocycles. The second kappa shape index (κ2) is 6.85. The van der Waals surface area contributed by atoms with E-state index in [1.54, 1.807) is 0 Å². The summed E-state index contributed by atoms with van der Waals surface area (Å²) in [7, 11) is 0. The first-order chi connectivity index (χ1) is 7.22. The van der Waals surface area contributed by atoms with Crippen LogP contribution in [0.15, 0.2) is 23.4 Å². The van der Waals surface area contributed by atoms with Crippen LogP contribution in [0, 0.1) is 0 Å². The van der Waals surface area contributed by atoms with Gasteiger partial charge in [-0.25, -0.2) is 4.98 Å². The van der Waals surface area contributed by atoms with Crippen LogP contribution in [0.1, 0.15) is 32.3 Å². The summed E-state index contributed by atoms with van der Waals surface area (Å²) in [4.78, 5) is 4.41. The molecule has 0 amide bonds. The molecule has 1 heterocycles. The van der Waals surface area contributed by atoms with Crippen molar-refractivity contribution in [2.45, 2.75) is 44.2 Å². The molecule has 2 nitrogen and oxygen atoms in total. The molecular weight excluding hydrogens is 204 g/mol. The van der Waals surface area contributed by atoms with Gasteiger partial charge in [0.1, 0.15) is 0 Å². The van der Waals surface area contributed by atoms with Gasteiger partial charge in [0.05, 0.1) is 5.03 Å². The van der Waals surface area contributed by atoms with Crippen molar-refractivity contribution in [2.75, 3.05) is 5.75 Å². The smallest absolute Gasteiger partial charge is 0.0960 e. The topological polar surface area (TPSA) is 38.9 Å². The molecule has 1 aromatic rings. The largest absolute Gasteiger partial charge is 0.328 e. The number of thioether (sulfide) groups is 1. The molecule has 0 aliphatic carbocycles. The third-order valence-corrected chi connectivity index (χ3v) is 3.13. The van der Waals surface area contributed by atoms with Gasteiger partial charge in [0.2, 0.25) is 0 Å². The SMILES string of the molecule is CCCCSc1ccc(CC(C)N)cn1. The summed E-state index contributed by atoms with van der Waals surface area (Å²) in [6, 6.07) is 4.44. The number of unbranched alkanes of at least 4 members (excludes halogenated alkanes) is 1. The molecule has 0 spiro atoms. The minimum absolute atomic E-state index is 0.213. The predicted molar refractivity (Wildman–Crippen MR) is 67.2 cm³/mol. The van der Waals surface area contributed by atoms with Crippen molar-refractivity contribution in [1.29, 1.82) is 0 Å². The lowest BCUT2D eigenvalue weighted by molar-refractivity contribution is 0.734. The number of hydrogen-bond donors (Lipinski definition) is 1. The number of nitrogens with zero attached hydrogens (tertiary/aromatic N) is 1. The van der Waals surface area contributed by atoms with Crippen molar-refractivity contribution in [3.8, 4) is 0 Å². The van der Waals surface area contributed by atoms with Crippen LogP contribution in [-0.4, -0.2) is 16.8 Å². The minimum Gasteiger partial charge on any atom is -0.328 e.